The minimum absolute atomic E-state index is 0.112. The van der Waals surface area contributed by atoms with E-state index in [2.05, 4.69) is 15.6 Å². The van der Waals surface area contributed by atoms with Gasteiger partial charge in [-0.1, -0.05) is 0 Å². The Balaban J connectivity index is 1.49. The average molecular weight is 603 g/mol. The molecule has 0 radical (unpaired) electrons. The van der Waals surface area contributed by atoms with Crippen molar-refractivity contribution in [3.8, 4) is 0 Å². The zero-order chi connectivity index (χ0) is 29.9. The molecule has 15 heteroatoms. The number of aromatic amines is 1. The van der Waals surface area contributed by atoms with Gasteiger partial charge in [-0.15, -0.1) is 0 Å². The number of nitrogens with zero attached hydrogens (tertiary/aromatic N) is 1. The molecule has 3 N–H and O–H groups in total. The van der Waals surface area contributed by atoms with E-state index in [4.69, 9.17) is 0 Å². The molecular weight excluding hydrogens is 575 g/mol. The number of halogens is 5. The van der Waals surface area contributed by atoms with E-state index in [0.29, 0.717) is 25.3 Å². The summed E-state index contributed by atoms with van der Waals surface area (Å²) in [6, 6.07) is -1.48. The van der Waals surface area contributed by atoms with E-state index in [1.165, 1.54) is 0 Å². The lowest BCUT2D eigenvalue weighted by Gasteiger charge is -2.53. The van der Waals surface area contributed by atoms with Crippen LogP contribution < -0.4 is 10.6 Å². The van der Waals surface area contributed by atoms with Crippen molar-refractivity contribution >= 4 is 38.5 Å². The minimum Gasteiger partial charge on any atom is -0.356 e. The maximum absolute atomic E-state index is 15.1. The fourth-order valence-electron chi connectivity index (χ4n) is 6.10. The number of hydrogen-bond acceptors (Lipinski definition) is 5. The Morgan fingerprint density at radius 1 is 1.20 bits per heavy atom. The number of hydrogen-bond donors (Lipinski definition) is 3. The van der Waals surface area contributed by atoms with Crippen LogP contribution in [0, 0.1) is 23.5 Å². The van der Waals surface area contributed by atoms with Gasteiger partial charge in [-0.25, -0.2) is 26.0 Å². The first-order chi connectivity index (χ1) is 19.2. The molecule has 4 heterocycles. The minimum atomic E-state index is -4.32. The predicted octanol–water partition coefficient (Wildman–Crippen LogP) is 2.94. The zero-order valence-electron chi connectivity index (χ0n) is 21.7. The van der Waals surface area contributed by atoms with E-state index in [9.17, 15) is 36.0 Å². The van der Waals surface area contributed by atoms with Crippen LogP contribution in [0.2, 0.25) is 0 Å². The molecule has 222 valence electrons. The second kappa shape index (κ2) is 10.4. The molecule has 5 atom stereocenters. The van der Waals surface area contributed by atoms with E-state index in [-0.39, 0.29) is 35.9 Å². The Morgan fingerprint density at radius 2 is 1.90 bits per heavy atom. The van der Waals surface area contributed by atoms with Gasteiger partial charge in [0.25, 0.3) is 11.8 Å². The largest absolute Gasteiger partial charge is 0.356 e. The maximum Gasteiger partial charge on any atom is 0.271 e. The molecule has 1 aliphatic carbocycles. The first-order valence-corrected chi connectivity index (χ1v) is 14.9. The summed E-state index contributed by atoms with van der Waals surface area (Å²) in [6.07, 6.45) is 0.618. The summed E-state index contributed by atoms with van der Waals surface area (Å²) in [5, 5.41) is 3.14. The van der Waals surface area contributed by atoms with E-state index in [1.54, 1.807) is 0 Å². The van der Waals surface area contributed by atoms with Gasteiger partial charge in [0.05, 0.1) is 17.5 Å². The number of piperidine rings is 2. The molecule has 0 unspecified atom stereocenters. The van der Waals surface area contributed by atoms with Crippen molar-refractivity contribution in [3.63, 3.8) is 0 Å². The SMILES string of the molecule is CS(=O)(=O)/C(F)=C/[C@@H](C[C@H]1CCNC1=O)NC(=O)[C@@H]1[C@@H]2CC[C@@H](CC2(F)F)N1C(=O)c1cc2c(F)ccc(F)c2[nH]1. The molecule has 3 aliphatic heterocycles. The van der Waals surface area contributed by atoms with Crippen molar-refractivity contribution in [3.05, 3.63) is 46.8 Å². The molecule has 1 saturated carbocycles. The van der Waals surface area contributed by atoms with E-state index in [1.807, 2.05) is 0 Å². The normalized spacial score (nSPS) is 26.7. The molecule has 2 aromatic rings. The highest BCUT2D eigenvalue weighted by molar-refractivity contribution is 7.94. The number of carbonyl (C=O) groups is 3. The molecule has 3 amide bonds. The maximum atomic E-state index is 15.1. The number of H-pyrrole nitrogens is 1. The molecule has 4 fully saturated rings. The van der Waals surface area contributed by atoms with Gasteiger partial charge in [0, 0.05) is 36.6 Å². The molecule has 4 aliphatic rings. The van der Waals surface area contributed by atoms with Crippen LogP contribution in [0.1, 0.15) is 42.6 Å². The summed E-state index contributed by atoms with van der Waals surface area (Å²) < 4.78 is 96.6. The quantitative estimate of drug-likeness (QED) is 0.420. The van der Waals surface area contributed by atoms with E-state index >= 15 is 8.78 Å². The van der Waals surface area contributed by atoms with Crippen LogP contribution >= 0.6 is 0 Å². The van der Waals surface area contributed by atoms with Gasteiger partial charge in [-0.2, -0.15) is 4.39 Å². The van der Waals surface area contributed by atoms with Gasteiger partial charge in [0.2, 0.25) is 26.8 Å². The number of alkyl halides is 2. The Bertz CT molecular complexity index is 1520. The summed E-state index contributed by atoms with van der Waals surface area (Å²) in [4.78, 5) is 42.8. The third-order valence-electron chi connectivity index (χ3n) is 8.07. The third-order valence-corrected chi connectivity index (χ3v) is 8.92. The van der Waals surface area contributed by atoms with Crippen LogP contribution in [0.15, 0.2) is 29.4 Å². The lowest BCUT2D eigenvalue weighted by Crippen LogP contribution is -2.68. The third kappa shape index (κ3) is 5.43. The number of carbonyl (C=O) groups excluding carboxylic acids is 3. The second-order valence-corrected chi connectivity index (χ2v) is 12.8. The second-order valence-electron chi connectivity index (χ2n) is 10.8. The van der Waals surface area contributed by atoms with Crippen molar-refractivity contribution in [1.82, 2.24) is 20.5 Å². The molecule has 0 spiro atoms. The molecule has 3 saturated heterocycles. The number of fused-ring (bicyclic) bond motifs is 4. The van der Waals surface area contributed by atoms with Gasteiger partial charge in [0.1, 0.15) is 23.4 Å². The standard InChI is InChI=1S/C26H27F5N4O5S/c1-41(39,40)20(29)9-13(8-12-6-7-32-23(12)36)33-24(37)22-16-3-2-14(11-26(16,30)31)35(22)25(38)19-10-15-17(27)4-5-18(28)21(15)34-19/h4-5,9-10,12-14,16,22,34H,2-3,6-8,11H2,1H3,(H,32,36)(H,33,37)/b20-9+/t12-,13-,14+,16+,22+/m1/s1. The summed E-state index contributed by atoms with van der Waals surface area (Å²) in [7, 11) is -4.32. The van der Waals surface area contributed by atoms with E-state index < -0.39 is 86.7 Å². The lowest BCUT2D eigenvalue weighted by molar-refractivity contribution is -0.179. The molecule has 2 bridgehead atoms. The van der Waals surface area contributed by atoms with Crippen molar-refractivity contribution in [2.24, 2.45) is 11.8 Å². The van der Waals surface area contributed by atoms with Crippen LogP contribution in [-0.2, 0) is 19.4 Å². The van der Waals surface area contributed by atoms with Crippen molar-refractivity contribution < 1.29 is 44.8 Å². The fraction of sp³-hybridized carbons (Fsp3) is 0.500. The van der Waals surface area contributed by atoms with E-state index in [0.717, 1.165) is 23.1 Å². The topological polar surface area (TPSA) is 128 Å². The zero-order valence-corrected chi connectivity index (χ0v) is 22.5. The summed E-state index contributed by atoms with van der Waals surface area (Å²) in [5.41, 5.74) is -0.627. The number of benzene rings is 1. The first kappa shape index (κ1) is 29.0. The number of amides is 3. The first-order valence-electron chi connectivity index (χ1n) is 13.0. The van der Waals surface area contributed by atoms with Crippen molar-refractivity contribution in [1.29, 1.82) is 0 Å². The van der Waals surface area contributed by atoms with Crippen LogP contribution in [0.25, 0.3) is 10.9 Å². The van der Waals surface area contributed by atoms with Crippen LogP contribution in [-0.4, -0.2) is 72.9 Å². The molecule has 41 heavy (non-hydrogen) atoms. The summed E-state index contributed by atoms with van der Waals surface area (Å²) >= 11 is 0. The summed E-state index contributed by atoms with van der Waals surface area (Å²) in [6.45, 7) is 0.314. The van der Waals surface area contributed by atoms with Gasteiger partial charge in [-0.3, -0.25) is 14.4 Å². The van der Waals surface area contributed by atoms with Crippen molar-refractivity contribution in [2.75, 3.05) is 12.8 Å². The highest BCUT2D eigenvalue weighted by Crippen LogP contribution is 2.49. The van der Waals surface area contributed by atoms with Gasteiger partial charge in [-0.05, 0) is 50.0 Å². The molecule has 1 aromatic carbocycles. The smallest absolute Gasteiger partial charge is 0.271 e. The number of nitrogens with one attached hydrogen (secondary N) is 3. The Kier molecular flexibility index (Phi) is 7.37. The Hall–Kier alpha value is -3.49. The predicted molar refractivity (Wildman–Crippen MR) is 136 cm³/mol. The monoisotopic (exact) mass is 602 g/mol. The molecular formula is C26H27F5N4O5S. The van der Waals surface area contributed by atoms with Crippen LogP contribution in [0.3, 0.4) is 0 Å². The van der Waals surface area contributed by atoms with Gasteiger partial charge in [0.15, 0.2) is 0 Å². The van der Waals surface area contributed by atoms with Crippen LogP contribution in [0.4, 0.5) is 22.0 Å². The molecule has 1 aromatic heterocycles. The average Bonchev–Trinajstić information content (AvgIpc) is 3.52. The molecule has 6 rings (SSSR count). The number of aromatic nitrogens is 1. The number of rotatable bonds is 7. The highest BCUT2D eigenvalue weighted by Gasteiger charge is 2.60. The van der Waals surface area contributed by atoms with Crippen molar-refractivity contribution in [2.45, 2.75) is 56.2 Å². The number of sulfone groups is 1. The fourth-order valence-corrected chi connectivity index (χ4v) is 6.51. The lowest BCUT2D eigenvalue weighted by atomic mass is 9.71. The Morgan fingerprint density at radius 3 is 2.51 bits per heavy atom. The molecule has 9 nitrogen and oxygen atoms in total. The Labute approximate surface area is 231 Å². The summed E-state index contributed by atoms with van der Waals surface area (Å²) in [5.74, 6) is -9.77. The van der Waals surface area contributed by atoms with Gasteiger partial charge < -0.3 is 20.5 Å². The van der Waals surface area contributed by atoms with Crippen LogP contribution in [0.5, 0.6) is 0 Å². The van der Waals surface area contributed by atoms with Gasteiger partial charge >= 0.3 is 0 Å². The highest BCUT2D eigenvalue weighted by atomic mass is 32.2.